The minimum Gasteiger partial charge on any atom is -0.491 e. The molecule has 2 aromatic heterocycles. The summed E-state index contributed by atoms with van der Waals surface area (Å²) in [5.74, 6) is 1.76. The molecule has 1 aliphatic heterocycles. The van der Waals surface area contributed by atoms with Crippen LogP contribution in [0.3, 0.4) is 0 Å². The normalized spacial score (nSPS) is 16.4. The number of hydrogen-bond donors (Lipinski definition) is 4. The zero-order chi connectivity index (χ0) is 22.8. The number of para-hydroxylation sites is 1. The third-order valence-corrected chi connectivity index (χ3v) is 6.13. The summed E-state index contributed by atoms with van der Waals surface area (Å²) < 4.78 is 11.9. The number of ether oxygens (including phenoxy) is 2. The average Bonchev–Trinajstić information content (AvgIpc) is 3.42. The van der Waals surface area contributed by atoms with Crippen molar-refractivity contribution in [2.45, 2.75) is 25.9 Å². The Balaban J connectivity index is 1.08. The highest BCUT2D eigenvalue weighted by Crippen LogP contribution is 2.25. The van der Waals surface area contributed by atoms with Gasteiger partial charge in [0, 0.05) is 6.54 Å². The average molecular weight is 453 g/mol. The Morgan fingerprint density at radius 1 is 1.15 bits per heavy atom. The maximum Gasteiger partial charge on any atom is 0.323 e. The highest BCUT2D eigenvalue weighted by atomic mass is 16.5. The molecule has 1 aliphatic rings. The molecule has 2 aromatic carbocycles. The lowest BCUT2D eigenvalue weighted by Crippen LogP contribution is -2.41. The fourth-order valence-electron chi connectivity index (χ4n) is 4.40. The quantitative estimate of drug-likeness (QED) is 0.321. The van der Waals surface area contributed by atoms with Crippen molar-refractivity contribution in [3.05, 3.63) is 46.4 Å². The minimum absolute atomic E-state index is 0.202. The van der Waals surface area contributed by atoms with Crippen LogP contribution in [0.5, 0.6) is 11.5 Å². The Morgan fingerprint density at radius 2 is 2.00 bits per heavy atom. The number of aromatic amines is 3. The van der Waals surface area contributed by atoms with Crippen LogP contribution in [0.2, 0.25) is 0 Å². The van der Waals surface area contributed by atoms with Crippen LogP contribution in [0, 0.1) is 12.8 Å². The molecular weight excluding hydrogens is 424 g/mol. The fraction of sp³-hybridized carbons (Fsp3) is 0.435. The lowest BCUT2D eigenvalue weighted by molar-refractivity contribution is 0.0507. The third kappa shape index (κ3) is 4.86. The lowest BCUT2D eigenvalue weighted by Gasteiger charge is -2.33. The van der Waals surface area contributed by atoms with Gasteiger partial charge in [-0.3, -0.25) is 0 Å². The maximum atomic E-state index is 11.5. The molecule has 1 atom stereocenters. The SMILES string of the molecule is Cc1cc(OCC(O)CN2CCC(COc3cccc4[nH]c(=O)[nH]c34)CC2)c2n[nH]nc2c1. The maximum absolute atomic E-state index is 11.5. The van der Waals surface area contributed by atoms with Crippen LogP contribution in [0.15, 0.2) is 35.1 Å². The van der Waals surface area contributed by atoms with Crippen LogP contribution in [0.4, 0.5) is 0 Å². The number of fused-ring (bicyclic) bond motifs is 2. The number of nitrogens with zero attached hydrogens (tertiary/aromatic N) is 3. The summed E-state index contributed by atoms with van der Waals surface area (Å²) in [6.07, 6.45) is 1.39. The Labute approximate surface area is 189 Å². The molecule has 1 saturated heterocycles. The molecular formula is C23H28N6O4. The second-order valence-electron chi connectivity index (χ2n) is 8.73. The van der Waals surface area contributed by atoms with Gasteiger partial charge in [0.1, 0.15) is 35.2 Å². The zero-order valence-electron chi connectivity index (χ0n) is 18.5. The van der Waals surface area contributed by atoms with Crippen LogP contribution >= 0.6 is 0 Å². The molecule has 10 nitrogen and oxygen atoms in total. The number of aliphatic hydroxyl groups is 1. The van der Waals surface area contributed by atoms with Gasteiger partial charge in [-0.25, -0.2) is 4.79 Å². The van der Waals surface area contributed by atoms with E-state index in [0.29, 0.717) is 41.6 Å². The lowest BCUT2D eigenvalue weighted by atomic mass is 9.97. The highest BCUT2D eigenvalue weighted by Gasteiger charge is 2.22. The van der Waals surface area contributed by atoms with Crippen molar-refractivity contribution in [1.82, 2.24) is 30.3 Å². The number of imidazole rings is 1. The molecule has 1 unspecified atom stereocenters. The molecule has 5 rings (SSSR count). The van der Waals surface area contributed by atoms with Crippen molar-refractivity contribution in [3.63, 3.8) is 0 Å². The first-order valence-corrected chi connectivity index (χ1v) is 11.2. The molecule has 4 aromatic rings. The van der Waals surface area contributed by atoms with Gasteiger partial charge in [0.2, 0.25) is 0 Å². The number of aryl methyl sites for hydroxylation is 1. The predicted octanol–water partition coefficient (Wildman–Crippen LogP) is 1.97. The molecule has 10 heteroatoms. The van der Waals surface area contributed by atoms with Gasteiger partial charge in [-0.05, 0) is 68.6 Å². The molecule has 174 valence electrons. The van der Waals surface area contributed by atoms with Crippen molar-refractivity contribution < 1.29 is 14.6 Å². The Bertz CT molecular complexity index is 1290. The third-order valence-electron chi connectivity index (χ3n) is 6.13. The second kappa shape index (κ2) is 9.24. The van der Waals surface area contributed by atoms with Crippen LogP contribution in [0.25, 0.3) is 22.1 Å². The monoisotopic (exact) mass is 452 g/mol. The molecule has 4 N–H and O–H groups in total. The predicted molar refractivity (Wildman–Crippen MR) is 124 cm³/mol. The van der Waals surface area contributed by atoms with Gasteiger partial charge in [0.05, 0.1) is 12.1 Å². The summed E-state index contributed by atoms with van der Waals surface area (Å²) in [6, 6.07) is 9.44. The Kier molecular flexibility index (Phi) is 6.01. The molecule has 33 heavy (non-hydrogen) atoms. The standard InChI is InChI=1S/C23H28N6O4/c1-14-9-18-22(27-28-26-18)20(10-14)33-13-16(30)11-29-7-5-15(6-8-29)12-32-19-4-2-3-17-21(19)25-23(31)24-17/h2-4,9-10,15-16,30H,5-8,11-13H2,1H3,(H2,24,25,31)(H,26,27,28). The van der Waals surface area contributed by atoms with Gasteiger partial charge < -0.3 is 29.4 Å². The van der Waals surface area contributed by atoms with E-state index < -0.39 is 6.10 Å². The molecule has 0 radical (unpaired) electrons. The number of aromatic nitrogens is 5. The number of β-amino-alcohol motifs (C(OH)–C–C–N with tert-alkyl or cyclic N) is 1. The number of aliphatic hydroxyl groups excluding tert-OH is 1. The van der Waals surface area contributed by atoms with Crippen molar-refractivity contribution in [1.29, 1.82) is 0 Å². The number of benzene rings is 2. The zero-order valence-corrected chi connectivity index (χ0v) is 18.5. The number of hydrogen-bond acceptors (Lipinski definition) is 7. The van der Waals surface area contributed by atoms with Gasteiger partial charge in [-0.2, -0.15) is 15.4 Å². The number of nitrogens with one attached hydrogen (secondary N) is 3. The summed E-state index contributed by atoms with van der Waals surface area (Å²) in [5.41, 5.74) is 3.68. The van der Waals surface area contributed by atoms with E-state index in [1.165, 1.54) is 0 Å². The molecule has 0 amide bonds. The van der Waals surface area contributed by atoms with E-state index in [1.807, 2.05) is 37.3 Å². The van der Waals surface area contributed by atoms with Gasteiger partial charge in [-0.15, -0.1) is 0 Å². The highest BCUT2D eigenvalue weighted by molar-refractivity contribution is 5.81. The van der Waals surface area contributed by atoms with Crippen LogP contribution < -0.4 is 15.2 Å². The number of rotatable bonds is 8. The minimum atomic E-state index is -0.594. The Hall–Kier alpha value is -3.37. The molecule has 0 bridgehead atoms. The largest absolute Gasteiger partial charge is 0.491 e. The van der Waals surface area contributed by atoms with E-state index in [-0.39, 0.29) is 12.3 Å². The van der Waals surface area contributed by atoms with E-state index >= 15 is 0 Å². The Morgan fingerprint density at radius 3 is 2.85 bits per heavy atom. The molecule has 0 saturated carbocycles. The first kappa shape index (κ1) is 21.5. The molecule has 3 heterocycles. The summed E-state index contributed by atoms with van der Waals surface area (Å²) >= 11 is 0. The summed E-state index contributed by atoms with van der Waals surface area (Å²) in [6.45, 7) is 5.14. The van der Waals surface area contributed by atoms with Crippen molar-refractivity contribution in [3.8, 4) is 11.5 Å². The molecule has 1 fully saturated rings. The first-order valence-electron chi connectivity index (χ1n) is 11.2. The summed E-state index contributed by atoms with van der Waals surface area (Å²) in [4.78, 5) is 19.3. The second-order valence-corrected chi connectivity index (χ2v) is 8.73. The number of H-pyrrole nitrogens is 3. The topological polar surface area (TPSA) is 132 Å². The van der Waals surface area contributed by atoms with Crippen molar-refractivity contribution >= 4 is 22.1 Å². The van der Waals surface area contributed by atoms with E-state index in [4.69, 9.17) is 9.47 Å². The smallest absolute Gasteiger partial charge is 0.323 e. The van der Waals surface area contributed by atoms with Crippen LogP contribution in [0.1, 0.15) is 18.4 Å². The van der Waals surface area contributed by atoms with Crippen molar-refractivity contribution in [2.75, 3.05) is 32.8 Å². The number of likely N-dealkylation sites (tertiary alicyclic amines) is 1. The fourth-order valence-corrected chi connectivity index (χ4v) is 4.40. The molecule has 0 aliphatic carbocycles. The van der Waals surface area contributed by atoms with E-state index in [2.05, 4.69) is 30.3 Å². The number of piperidine rings is 1. The van der Waals surface area contributed by atoms with Gasteiger partial charge in [-0.1, -0.05) is 6.07 Å². The van der Waals surface area contributed by atoms with Crippen LogP contribution in [-0.2, 0) is 0 Å². The van der Waals surface area contributed by atoms with Crippen LogP contribution in [-0.4, -0.2) is 74.3 Å². The van der Waals surface area contributed by atoms with E-state index in [0.717, 1.165) is 42.5 Å². The van der Waals surface area contributed by atoms with Gasteiger partial charge >= 0.3 is 5.69 Å². The van der Waals surface area contributed by atoms with Gasteiger partial charge in [0.25, 0.3) is 0 Å². The van der Waals surface area contributed by atoms with Gasteiger partial charge in [0.15, 0.2) is 5.52 Å². The molecule has 0 spiro atoms. The summed E-state index contributed by atoms with van der Waals surface area (Å²) in [7, 11) is 0. The van der Waals surface area contributed by atoms with E-state index in [1.54, 1.807) is 0 Å². The first-order chi connectivity index (χ1) is 16.0. The van der Waals surface area contributed by atoms with E-state index in [9.17, 15) is 9.90 Å². The summed E-state index contributed by atoms with van der Waals surface area (Å²) in [5, 5.41) is 21.4. The van der Waals surface area contributed by atoms with Crippen molar-refractivity contribution in [2.24, 2.45) is 5.92 Å².